The van der Waals surface area contributed by atoms with Crippen molar-refractivity contribution in [2.24, 2.45) is 0 Å². The maximum atomic E-state index is 5.58. The molecule has 0 atom stereocenters. The highest BCUT2D eigenvalue weighted by molar-refractivity contribution is 7.80. The van der Waals surface area contributed by atoms with Crippen molar-refractivity contribution in [3.05, 3.63) is 90.0 Å². The van der Waals surface area contributed by atoms with Crippen molar-refractivity contribution in [3.63, 3.8) is 0 Å². The largest absolute Gasteiger partial charge is 0.497 e. The molecule has 4 nitrogen and oxygen atoms in total. The molecule has 0 fully saturated rings. The molecule has 0 spiro atoms. The molecule has 0 aliphatic carbocycles. The highest BCUT2D eigenvalue weighted by Crippen LogP contribution is 2.29. The van der Waals surface area contributed by atoms with Crippen LogP contribution in [0, 0.1) is 0 Å². The van der Waals surface area contributed by atoms with Gasteiger partial charge in [0.25, 0.3) is 0 Å². The molecular weight excluding hydrogens is 356 g/mol. The van der Waals surface area contributed by atoms with Gasteiger partial charge in [0, 0.05) is 6.07 Å². The molecule has 0 aromatic heterocycles. The number of thiocarbonyl (C=S) groups is 1. The highest BCUT2D eigenvalue weighted by atomic mass is 32.1. The summed E-state index contributed by atoms with van der Waals surface area (Å²) in [5, 5.41) is 7.13. The van der Waals surface area contributed by atoms with Gasteiger partial charge in [0.2, 0.25) is 0 Å². The molecule has 0 amide bonds. The van der Waals surface area contributed by atoms with Crippen LogP contribution in [0.5, 0.6) is 11.5 Å². The lowest BCUT2D eigenvalue weighted by Gasteiger charge is -2.22. The predicted octanol–water partition coefficient (Wildman–Crippen LogP) is 4.78. The second-order valence-electron chi connectivity index (χ2n) is 5.92. The zero-order valence-electron chi connectivity index (χ0n) is 15.3. The van der Waals surface area contributed by atoms with Crippen LogP contribution >= 0.6 is 12.2 Å². The average molecular weight is 378 g/mol. The van der Waals surface area contributed by atoms with Gasteiger partial charge in [-0.1, -0.05) is 60.7 Å². The summed E-state index contributed by atoms with van der Waals surface area (Å²) < 4.78 is 10.7. The summed E-state index contributed by atoms with van der Waals surface area (Å²) in [7, 11) is 3.25. The van der Waals surface area contributed by atoms with Crippen molar-refractivity contribution >= 4 is 23.0 Å². The maximum Gasteiger partial charge on any atom is 0.171 e. The zero-order chi connectivity index (χ0) is 19.1. The second-order valence-corrected chi connectivity index (χ2v) is 6.33. The number of hydrogen-bond donors (Lipinski definition) is 2. The Kier molecular flexibility index (Phi) is 6.28. The maximum absolute atomic E-state index is 5.58. The summed E-state index contributed by atoms with van der Waals surface area (Å²) >= 11 is 5.58. The van der Waals surface area contributed by atoms with Gasteiger partial charge in [-0.15, -0.1) is 0 Å². The van der Waals surface area contributed by atoms with E-state index in [1.807, 2.05) is 54.6 Å². The molecule has 0 saturated carbocycles. The van der Waals surface area contributed by atoms with Crippen molar-refractivity contribution in [1.82, 2.24) is 5.32 Å². The quantitative estimate of drug-likeness (QED) is 0.604. The van der Waals surface area contributed by atoms with Crippen LogP contribution in [0.1, 0.15) is 17.2 Å². The van der Waals surface area contributed by atoms with Crippen LogP contribution < -0.4 is 20.1 Å². The number of nitrogens with one attached hydrogen (secondary N) is 2. The van der Waals surface area contributed by atoms with Gasteiger partial charge in [-0.3, -0.25) is 0 Å². The first-order valence-corrected chi connectivity index (χ1v) is 9.01. The Bertz CT molecular complexity index is 846. The SMILES string of the molecule is COc1ccc(OC)c(NC(=S)NC(c2ccccc2)c2ccccc2)c1. The minimum atomic E-state index is -0.0657. The zero-order valence-corrected chi connectivity index (χ0v) is 16.1. The van der Waals surface area contributed by atoms with Crippen LogP contribution in [0.25, 0.3) is 0 Å². The Morgan fingerprint density at radius 2 is 1.41 bits per heavy atom. The number of anilines is 1. The Hall–Kier alpha value is -3.05. The first-order valence-electron chi connectivity index (χ1n) is 8.60. The van der Waals surface area contributed by atoms with Gasteiger partial charge in [-0.2, -0.15) is 0 Å². The third-order valence-electron chi connectivity index (χ3n) is 4.20. The summed E-state index contributed by atoms with van der Waals surface area (Å²) in [6.45, 7) is 0. The minimum absolute atomic E-state index is 0.0657. The van der Waals surface area contributed by atoms with Crippen molar-refractivity contribution in [1.29, 1.82) is 0 Å². The van der Waals surface area contributed by atoms with Crippen molar-refractivity contribution in [2.45, 2.75) is 6.04 Å². The Labute approximate surface area is 165 Å². The fourth-order valence-electron chi connectivity index (χ4n) is 2.85. The van der Waals surface area contributed by atoms with Crippen LogP contribution in [0.2, 0.25) is 0 Å². The smallest absolute Gasteiger partial charge is 0.171 e. The van der Waals surface area contributed by atoms with Crippen LogP contribution in [0.3, 0.4) is 0 Å². The normalized spacial score (nSPS) is 10.3. The molecular formula is C22H22N2O2S. The van der Waals surface area contributed by atoms with Crippen LogP contribution in [0.15, 0.2) is 78.9 Å². The van der Waals surface area contributed by atoms with E-state index in [1.165, 1.54) is 0 Å². The van der Waals surface area contributed by atoms with Gasteiger partial charge in [-0.25, -0.2) is 0 Å². The van der Waals surface area contributed by atoms with E-state index in [-0.39, 0.29) is 6.04 Å². The molecule has 5 heteroatoms. The van der Waals surface area contributed by atoms with Crippen molar-refractivity contribution < 1.29 is 9.47 Å². The van der Waals surface area contributed by atoms with Crippen LogP contribution in [-0.4, -0.2) is 19.3 Å². The van der Waals surface area contributed by atoms with Gasteiger partial charge in [-0.05, 0) is 35.5 Å². The standard InChI is InChI=1S/C22H22N2O2S/c1-25-18-13-14-20(26-2)19(15-18)23-22(27)24-21(16-9-5-3-6-10-16)17-11-7-4-8-12-17/h3-15,21H,1-2H3,(H2,23,24,27). The molecule has 0 bridgehead atoms. The number of ether oxygens (including phenoxy) is 2. The van der Waals surface area contributed by atoms with Gasteiger partial charge >= 0.3 is 0 Å². The molecule has 0 heterocycles. The molecule has 3 aromatic rings. The number of rotatable bonds is 6. The molecule has 138 valence electrons. The van der Waals surface area contributed by atoms with E-state index in [9.17, 15) is 0 Å². The molecule has 0 unspecified atom stereocenters. The second kappa shape index (κ2) is 9.05. The molecule has 27 heavy (non-hydrogen) atoms. The monoisotopic (exact) mass is 378 g/mol. The Morgan fingerprint density at radius 1 is 0.815 bits per heavy atom. The van der Waals surface area contributed by atoms with Crippen molar-refractivity contribution in [2.75, 3.05) is 19.5 Å². The molecule has 0 radical (unpaired) electrons. The van der Waals surface area contributed by atoms with E-state index >= 15 is 0 Å². The molecule has 0 aliphatic heterocycles. The van der Waals surface area contributed by atoms with E-state index < -0.39 is 0 Å². The van der Waals surface area contributed by atoms with E-state index in [1.54, 1.807) is 14.2 Å². The minimum Gasteiger partial charge on any atom is -0.497 e. The fourth-order valence-corrected chi connectivity index (χ4v) is 3.08. The average Bonchev–Trinajstić information content (AvgIpc) is 2.73. The summed E-state index contributed by atoms with van der Waals surface area (Å²) in [6, 6.07) is 25.9. The van der Waals surface area contributed by atoms with Gasteiger partial charge in [0.1, 0.15) is 11.5 Å². The summed E-state index contributed by atoms with van der Waals surface area (Å²) in [6.07, 6.45) is 0. The van der Waals surface area contributed by atoms with E-state index in [0.29, 0.717) is 10.9 Å². The predicted molar refractivity (Wildman–Crippen MR) is 114 cm³/mol. The summed E-state index contributed by atoms with van der Waals surface area (Å²) in [4.78, 5) is 0. The first kappa shape index (κ1) is 18.7. The fraction of sp³-hybridized carbons (Fsp3) is 0.136. The lowest BCUT2D eigenvalue weighted by molar-refractivity contribution is 0.405. The number of benzene rings is 3. The third-order valence-corrected chi connectivity index (χ3v) is 4.42. The highest BCUT2D eigenvalue weighted by Gasteiger charge is 2.16. The van der Waals surface area contributed by atoms with Gasteiger partial charge < -0.3 is 20.1 Å². The van der Waals surface area contributed by atoms with Gasteiger partial charge in [0.05, 0.1) is 25.9 Å². The third kappa shape index (κ3) is 4.77. The van der Waals surface area contributed by atoms with E-state index in [0.717, 1.165) is 22.6 Å². The molecule has 0 saturated heterocycles. The number of methoxy groups -OCH3 is 2. The van der Waals surface area contributed by atoms with Gasteiger partial charge in [0.15, 0.2) is 5.11 Å². The van der Waals surface area contributed by atoms with E-state index in [4.69, 9.17) is 21.7 Å². The molecule has 2 N–H and O–H groups in total. The van der Waals surface area contributed by atoms with E-state index in [2.05, 4.69) is 34.9 Å². The first-order chi connectivity index (χ1) is 13.2. The molecule has 3 aromatic carbocycles. The lowest BCUT2D eigenvalue weighted by Crippen LogP contribution is -2.33. The topological polar surface area (TPSA) is 42.5 Å². The molecule has 3 rings (SSSR count). The van der Waals surface area contributed by atoms with Crippen LogP contribution in [-0.2, 0) is 0 Å². The molecule has 0 aliphatic rings. The summed E-state index contributed by atoms with van der Waals surface area (Å²) in [5.74, 6) is 1.42. The lowest BCUT2D eigenvalue weighted by atomic mass is 9.99. The van der Waals surface area contributed by atoms with Crippen LogP contribution in [0.4, 0.5) is 5.69 Å². The Balaban J connectivity index is 1.83. The Morgan fingerprint density at radius 3 is 1.93 bits per heavy atom. The summed E-state index contributed by atoms with van der Waals surface area (Å²) in [5.41, 5.74) is 3.00. The number of hydrogen-bond acceptors (Lipinski definition) is 3. The van der Waals surface area contributed by atoms with Crippen molar-refractivity contribution in [3.8, 4) is 11.5 Å².